The number of aromatic nitrogens is 2. The second kappa shape index (κ2) is 7.47. The van der Waals surface area contributed by atoms with E-state index in [-0.39, 0.29) is 5.91 Å². The van der Waals surface area contributed by atoms with Crippen LogP contribution in [0, 0.1) is 0 Å². The molecule has 0 aliphatic carbocycles. The number of benzene rings is 2. The van der Waals surface area contributed by atoms with Crippen molar-refractivity contribution in [3.05, 3.63) is 82.9 Å². The van der Waals surface area contributed by atoms with Crippen LogP contribution in [-0.2, 0) is 11.2 Å². The first-order chi connectivity index (χ1) is 11.3. The van der Waals surface area contributed by atoms with Gasteiger partial charge in [0.15, 0.2) is 0 Å². The fraction of sp³-hybridized carbons (Fsp3) is 0.0556. The molecule has 3 rings (SSSR count). The van der Waals surface area contributed by atoms with Crippen LogP contribution < -0.4 is 5.32 Å². The van der Waals surface area contributed by atoms with Crippen LogP contribution >= 0.6 is 11.3 Å². The highest BCUT2D eigenvalue weighted by Crippen LogP contribution is 2.18. The first-order valence-corrected chi connectivity index (χ1v) is 8.02. The summed E-state index contributed by atoms with van der Waals surface area (Å²) in [7, 11) is 0. The molecule has 2 aromatic carbocycles. The van der Waals surface area contributed by atoms with Crippen molar-refractivity contribution in [2.75, 3.05) is 5.32 Å². The summed E-state index contributed by atoms with van der Waals surface area (Å²) >= 11 is 1.39. The minimum absolute atomic E-state index is 0.212. The zero-order valence-electron chi connectivity index (χ0n) is 12.3. The highest BCUT2D eigenvalue weighted by molar-refractivity contribution is 7.15. The van der Waals surface area contributed by atoms with E-state index in [2.05, 4.69) is 15.5 Å². The van der Waals surface area contributed by atoms with E-state index in [0.29, 0.717) is 11.6 Å². The molecule has 0 unspecified atom stereocenters. The number of carbonyl (C=O) groups excluding carboxylic acids is 1. The summed E-state index contributed by atoms with van der Waals surface area (Å²) in [5.74, 6) is -0.212. The Morgan fingerprint density at radius 3 is 2.43 bits per heavy atom. The van der Waals surface area contributed by atoms with Crippen LogP contribution in [-0.4, -0.2) is 16.1 Å². The predicted octanol–water partition coefficient (Wildman–Crippen LogP) is 3.78. The quantitative estimate of drug-likeness (QED) is 0.728. The Labute approximate surface area is 138 Å². The van der Waals surface area contributed by atoms with Gasteiger partial charge in [-0.3, -0.25) is 10.1 Å². The summed E-state index contributed by atoms with van der Waals surface area (Å²) < 4.78 is 0. The molecule has 114 valence electrons. The van der Waals surface area contributed by atoms with Gasteiger partial charge >= 0.3 is 0 Å². The third kappa shape index (κ3) is 4.59. The second-order valence-electron chi connectivity index (χ2n) is 4.90. The molecule has 1 aromatic heterocycles. The molecule has 1 N–H and O–H groups in total. The Balaban J connectivity index is 1.58. The highest BCUT2D eigenvalue weighted by atomic mass is 32.1. The monoisotopic (exact) mass is 321 g/mol. The maximum absolute atomic E-state index is 11.9. The molecule has 0 spiro atoms. The largest absolute Gasteiger partial charge is 0.297 e. The van der Waals surface area contributed by atoms with Gasteiger partial charge in [0.05, 0.1) is 0 Å². The molecule has 1 heterocycles. The Hall–Kier alpha value is -2.79. The van der Waals surface area contributed by atoms with E-state index in [1.807, 2.05) is 60.7 Å². The van der Waals surface area contributed by atoms with Crippen molar-refractivity contribution in [2.45, 2.75) is 6.42 Å². The lowest BCUT2D eigenvalue weighted by molar-refractivity contribution is -0.111. The highest BCUT2D eigenvalue weighted by Gasteiger charge is 2.06. The van der Waals surface area contributed by atoms with Crippen molar-refractivity contribution in [1.29, 1.82) is 0 Å². The van der Waals surface area contributed by atoms with Crippen LogP contribution in [0.2, 0.25) is 0 Å². The van der Waals surface area contributed by atoms with Crippen LogP contribution in [0.5, 0.6) is 0 Å². The molecule has 3 aromatic rings. The van der Waals surface area contributed by atoms with Crippen molar-refractivity contribution in [3.8, 4) is 0 Å². The molecule has 23 heavy (non-hydrogen) atoms. The number of rotatable bonds is 5. The van der Waals surface area contributed by atoms with E-state index < -0.39 is 0 Å². The van der Waals surface area contributed by atoms with Crippen molar-refractivity contribution in [2.24, 2.45) is 0 Å². The van der Waals surface area contributed by atoms with Gasteiger partial charge in [-0.25, -0.2) is 0 Å². The van der Waals surface area contributed by atoms with Crippen molar-refractivity contribution in [3.63, 3.8) is 0 Å². The molecule has 0 fully saturated rings. The zero-order chi connectivity index (χ0) is 15.9. The van der Waals surface area contributed by atoms with E-state index in [9.17, 15) is 4.79 Å². The van der Waals surface area contributed by atoms with Crippen LogP contribution in [0.4, 0.5) is 5.13 Å². The third-order valence-electron chi connectivity index (χ3n) is 3.12. The number of hydrogen-bond acceptors (Lipinski definition) is 4. The fourth-order valence-corrected chi connectivity index (χ4v) is 2.81. The van der Waals surface area contributed by atoms with E-state index in [1.54, 1.807) is 6.08 Å². The molecule has 0 saturated heterocycles. The second-order valence-corrected chi connectivity index (χ2v) is 5.96. The van der Waals surface area contributed by atoms with Gasteiger partial charge in [-0.1, -0.05) is 72.0 Å². The summed E-state index contributed by atoms with van der Waals surface area (Å²) in [4.78, 5) is 11.9. The van der Waals surface area contributed by atoms with Gasteiger partial charge in [0, 0.05) is 12.5 Å². The number of carbonyl (C=O) groups is 1. The van der Waals surface area contributed by atoms with Gasteiger partial charge in [-0.05, 0) is 17.2 Å². The zero-order valence-corrected chi connectivity index (χ0v) is 13.2. The van der Waals surface area contributed by atoms with E-state index in [4.69, 9.17) is 0 Å². The van der Waals surface area contributed by atoms with Crippen LogP contribution in [0.15, 0.2) is 66.7 Å². The standard InChI is InChI=1S/C18H15N3OS/c22-16(12-11-14-7-3-1-4-8-14)19-18-21-20-17(23-18)13-15-9-5-2-6-10-15/h1-12H,13H2,(H,19,21,22). The molecule has 0 radical (unpaired) electrons. The molecule has 1 amide bonds. The maximum atomic E-state index is 11.9. The minimum atomic E-state index is -0.212. The van der Waals surface area contributed by atoms with Crippen molar-refractivity contribution in [1.82, 2.24) is 10.2 Å². The van der Waals surface area contributed by atoms with Crippen LogP contribution in [0.25, 0.3) is 6.08 Å². The van der Waals surface area contributed by atoms with Gasteiger partial charge in [-0.2, -0.15) is 0 Å². The van der Waals surface area contributed by atoms with Crippen LogP contribution in [0.3, 0.4) is 0 Å². The molecular formula is C18H15N3OS. The predicted molar refractivity (Wildman–Crippen MR) is 93.3 cm³/mol. The lowest BCUT2D eigenvalue weighted by atomic mass is 10.2. The average Bonchev–Trinajstić information content (AvgIpc) is 3.02. The molecule has 0 aliphatic rings. The fourth-order valence-electron chi connectivity index (χ4n) is 2.03. The van der Waals surface area contributed by atoms with Gasteiger partial charge in [-0.15, -0.1) is 10.2 Å². The van der Waals surface area contributed by atoms with E-state index >= 15 is 0 Å². The smallest absolute Gasteiger partial charge is 0.250 e. The van der Waals surface area contributed by atoms with Gasteiger partial charge in [0.25, 0.3) is 0 Å². The van der Waals surface area contributed by atoms with Crippen molar-refractivity contribution >= 4 is 28.5 Å². The summed E-state index contributed by atoms with van der Waals surface area (Å²) in [5.41, 5.74) is 2.15. The third-order valence-corrected chi connectivity index (χ3v) is 3.96. The van der Waals surface area contributed by atoms with E-state index in [0.717, 1.165) is 10.6 Å². The van der Waals surface area contributed by atoms with Crippen molar-refractivity contribution < 1.29 is 4.79 Å². The van der Waals surface area contributed by atoms with Gasteiger partial charge in [0.1, 0.15) is 5.01 Å². The molecule has 4 nitrogen and oxygen atoms in total. The lowest BCUT2D eigenvalue weighted by Crippen LogP contribution is -2.07. The SMILES string of the molecule is O=C(C=Cc1ccccc1)Nc1nnc(Cc2ccccc2)s1. The molecule has 0 bridgehead atoms. The molecule has 0 aliphatic heterocycles. The van der Waals surface area contributed by atoms with Gasteiger partial charge < -0.3 is 0 Å². The van der Waals surface area contributed by atoms with Gasteiger partial charge in [0.2, 0.25) is 11.0 Å². The van der Waals surface area contributed by atoms with E-state index in [1.165, 1.54) is 23.0 Å². The molecule has 0 atom stereocenters. The number of hydrogen-bond donors (Lipinski definition) is 1. The molecular weight excluding hydrogens is 306 g/mol. The number of amides is 1. The number of anilines is 1. The summed E-state index contributed by atoms with van der Waals surface area (Å²) in [6.07, 6.45) is 3.98. The Bertz CT molecular complexity index is 797. The Morgan fingerprint density at radius 1 is 1.00 bits per heavy atom. The summed E-state index contributed by atoms with van der Waals surface area (Å²) in [6.45, 7) is 0. The number of nitrogens with one attached hydrogen (secondary N) is 1. The molecule has 0 saturated carbocycles. The summed E-state index contributed by atoms with van der Waals surface area (Å²) in [5, 5.41) is 12.2. The topological polar surface area (TPSA) is 54.9 Å². The Kier molecular flexibility index (Phi) is 4.91. The average molecular weight is 321 g/mol. The minimum Gasteiger partial charge on any atom is -0.297 e. The first-order valence-electron chi connectivity index (χ1n) is 7.20. The lowest BCUT2D eigenvalue weighted by Gasteiger charge is -1.96. The molecule has 5 heteroatoms. The maximum Gasteiger partial charge on any atom is 0.250 e. The Morgan fingerprint density at radius 2 is 1.70 bits per heavy atom. The normalized spacial score (nSPS) is 10.8. The summed E-state index contributed by atoms with van der Waals surface area (Å²) in [6, 6.07) is 19.7. The van der Waals surface area contributed by atoms with Crippen LogP contribution in [0.1, 0.15) is 16.1 Å². The first kappa shape index (κ1) is 15.1. The number of nitrogens with zero attached hydrogens (tertiary/aromatic N) is 2.